The fourth-order valence-electron chi connectivity index (χ4n) is 2.58. The van der Waals surface area contributed by atoms with Crippen molar-refractivity contribution < 1.29 is 0 Å². The van der Waals surface area contributed by atoms with Gasteiger partial charge in [0.25, 0.3) is 0 Å². The standard InChI is InChI=1S/9C4H8.2C4H6.6C3H6.2C3H8.17C2H6.2CH4/c11*1-2-4-3-1;6*1-2-3-1;2*1-3-2;17*1-2;;/h9*1-4H2;2*1-2H,3-4H2;6*1-3H2;2*3H2,1-2H3;17*1-2H3;2*1H4. The van der Waals surface area contributed by atoms with Crippen LogP contribution in [0.25, 0.3) is 0 Å². The Morgan fingerprint density at radius 2 is 0.125 bits per heavy atom. The van der Waals surface area contributed by atoms with Gasteiger partial charge in [-0.25, -0.2) is 0 Å². The molecule has 0 aromatic heterocycles. The summed E-state index contributed by atoms with van der Waals surface area (Å²) in [5.41, 5.74) is 0. The summed E-state index contributed by atoms with van der Waals surface area (Å²) < 4.78 is 0. The summed E-state index contributed by atoms with van der Waals surface area (Å²) in [6.45, 7) is 76.5. The van der Waals surface area contributed by atoms with Crippen LogP contribution in [0.15, 0.2) is 24.3 Å². The lowest BCUT2D eigenvalue weighted by molar-refractivity contribution is 0.504. The third-order valence-electron chi connectivity index (χ3n) is 12.5. The van der Waals surface area contributed by atoms with Gasteiger partial charge in [0.15, 0.2) is 0 Å². The minimum atomic E-state index is 0. The smallest absolute Gasteiger partial charge is 0.0316 e. The molecule has 0 aromatic carbocycles. The molecule has 0 unspecified atom stereocenters. The van der Waals surface area contributed by atoms with Crippen molar-refractivity contribution in [1.29, 1.82) is 0 Å². The molecule has 15 fully saturated rings. The van der Waals surface area contributed by atoms with Crippen molar-refractivity contribution in [2.24, 2.45) is 0 Å². The van der Waals surface area contributed by atoms with Gasteiger partial charge in [-0.15, -0.1) is 0 Å². The molecule has 0 spiro atoms. The molecule has 0 heteroatoms. The lowest BCUT2D eigenvalue weighted by Gasteiger charge is -2.05. The summed E-state index contributed by atoms with van der Waals surface area (Å²) in [4.78, 5) is 0. The first-order valence-electron chi connectivity index (χ1n) is 50.1. The van der Waals surface area contributed by atoms with E-state index in [0.717, 1.165) is 0 Å². The van der Waals surface area contributed by atoms with Gasteiger partial charge in [0.1, 0.15) is 0 Å². The maximum absolute atomic E-state index is 2.18. The van der Waals surface area contributed by atoms with Crippen LogP contribution in [0.4, 0.5) is 0 Å². The Labute approximate surface area is 683 Å². The van der Waals surface area contributed by atoms with E-state index in [1.165, 1.54) is 385 Å². The number of hydrogen-bond acceptors (Lipinski definition) is 0. The van der Waals surface area contributed by atoms with Crippen LogP contribution in [0.1, 0.15) is 663 Å². The average molecular weight is 1500 g/mol. The highest BCUT2D eigenvalue weighted by atomic mass is 14.1. The van der Waals surface area contributed by atoms with Gasteiger partial charge in [-0.1, -0.05) is 662 Å². The van der Waals surface area contributed by atoms with E-state index in [1.54, 1.807) is 0 Å². The zero-order valence-electron chi connectivity index (χ0n) is 82.7. The lowest BCUT2D eigenvalue weighted by atomic mass is 10.0. The quantitative estimate of drug-likeness (QED) is 0.212. The molecule has 0 aromatic rings. The molecular weight excluding hydrogens is 1250 g/mol. The molecule has 0 bridgehead atoms. The molecule has 17 aliphatic rings. The molecule has 17 aliphatic carbocycles. The van der Waals surface area contributed by atoms with Gasteiger partial charge in [-0.05, 0) is 25.7 Å². The van der Waals surface area contributed by atoms with E-state index in [2.05, 4.69) is 52.0 Å². The normalized spacial score (nSPS) is 15.3. The molecule has 0 saturated heterocycles. The van der Waals surface area contributed by atoms with Gasteiger partial charge in [0.05, 0.1) is 0 Å². The molecule has 0 amide bonds. The van der Waals surface area contributed by atoms with E-state index in [-0.39, 0.29) is 14.9 Å². The van der Waals surface area contributed by atoms with E-state index in [9.17, 15) is 0 Å². The minimum absolute atomic E-state index is 0. The van der Waals surface area contributed by atoms with E-state index in [1.807, 2.05) is 235 Å². The first-order valence-corrected chi connectivity index (χ1v) is 50.1. The van der Waals surface area contributed by atoms with Gasteiger partial charge in [-0.3, -0.25) is 0 Å². The van der Waals surface area contributed by atoms with Crippen LogP contribution in [0.5, 0.6) is 0 Å². The van der Waals surface area contributed by atoms with Gasteiger partial charge >= 0.3 is 0 Å². The van der Waals surface area contributed by atoms with Crippen molar-refractivity contribution >= 4 is 0 Å². The Bertz CT molecular complexity index is 561. The van der Waals surface area contributed by atoms with Crippen molar-refractivity contribution in [2.75, 3.05) is 0 Å². The number of hydrogen-bond donors (Lipinski definition) is 0. The minimum Gasteiger partial charge on any atom is -0.0882 e. The second kappa shape index (κ2) is 262. The highest BCUT2D eigenvalue weighted by Crippen LogP contribution is 2.20. The van der Waals surface area contributed by atoms with Crippen LogP contribution in [-0.4, -0.2) is 0 Å². The van der Waals surface area contributed by atoms with Crippen molar-refractivity contribution in [2.45, 2.75) is 663 Å². The van der Waals surface area contributed by atoms with E-state index < -0.39 is 0 Å². The summed E-state index contributed by atoms with van der Waals surface area (Å²) in [7, 11) is 0. The summed E-state index contributed by atoms with van der Waals surface area (Å²) in [5, 5.41) is 0. The van der Waals surface area contributed by atoms with Crippen molar-refractivity contribution in [1.82, 2.24) is 0 Å². The zero-order chi connectivity index (χ0) is 83.3. The second-order valence-corrected chi connectivity index (χ2v) is 22.6. The fraction of sp³-hybridized carbons (Fsp3) is 0.962. The van der Waals surface area contributed by atoms with Gasteiger partial charge in [0, 0.05) is 0 Å². The molecule has 104 heavy (non-hydrogen) atoms. The van der Waals surface area contributed by atoms with E-state index in [0.29, 0.717) is 0 Å². The van der Waals surface area contributed by atoms with Crippen molar-refractivity contribution in [3.8, 4) is 0 Å². The predicted octanol–water partition coefficient (Wildman–Crippen LogP) is 45.3. The summed E-state index contributed by atoms with van der Waals surface area (Å²) in [5.74, 6) is 0. The molecule has 0 atom stereocenters. The van der Waals surface area contributed by atoms with Crippen molar-refractivity contribution in [3.05, 3.63) is 24.3 Å². The maximum Gasteiger partial charge on any atom is -0.0316 e. The van der Waals surface area contributed by atoms with E-state index >= 15 is 0 Å². The molecule has 17 rings (SSSR count). The molecule has 0 N–H and O–H groups in total. The van der Waals surface area contributed by atoms with Crippen LogP contribution in [0.2, 0.25) is 0 Å². The Hall–Kier alpha value is -0.520. The van der Waals surface area contributed by atoms with Gasteiger partial charge in [-0.2, -0.15) is 0 Å². The first kappa shape index (κ1) is 160. The Morgan fingerprint density at radius 3 is 0.125 bits per heavy atom. The monoisotopic (exact) mass is 1500 g/mol. The van der Waals surface area contributed by atoms with Gasteiger partial charge in [0.2, 0.25) is 0 Å². The van der Waals surface area contributed by atoms with E-state index in [4.69, 9.17) is 0 Å². The lowest BCUT2D eigenvalue weighted by Crippen LogP contribution is -1.85. The summed E-state index contributed by atoms with van der Waals surface area (Å²) >= 11 is 0. The molecule has 0 heterocycles. The largest absolute Gasteiger partial charge is 0.0882 e. The molecule has 15 saturated carbocycles. The van der Waals surface area contributed by atoms with Crippen LogP contribution in [0.3, 0.4) is 0 Å². The second-order valence-electron chi connectivity index (χ2n) is 22.6. The SMILES string of the molecule is C.C.C1=CCC1.C1=CCC1.C1CC1.C1CC1.C1CC1.C1CC1.C1CC1.C1CC1.C1CCC1.C1CCC1.C1CCC1.C1CCC1.C1CCC1.C1CCC1.C1CCC1.C1CCC1.C1CCC1.CC.CC.CC.CC.CC.CC.CC.CC.CC.CC.CC.CC.CC.CC.CC.CC.CC.CCC.CCC. The highest BCUT2D eigenvalue weighted by molar-refractivity contribution is 4.93. The molecule has 0 aliphatic heterocycles. The molecular formula is C104H246. The topological polar surface area (TPSA) is 0 Å². The summed E-state index contributed by atoms with van der Waals surface area (Å²) in [6.07, 6.45) is 97.5. The zero-order valence-corrected chi connectivity index (χ0v) is 82.7. The Morgan fingerprint density at radius 1 is 0.106 bits per heavy atom. The molecule has 0 radical (unpaired) electrons. The third-order valence-corrected chi connectivity index (χ3v) is 12.5. The first-order chi connectivity index (χ1) is 50.8. The molecule has 0 nitrogen and oxygen atoms in total. The number of rotatable bonds is 0. The van der Waals surface area contributed by atoms with Gasteiger partial charge < -0.3 is 0 Å². The number of allylic oxidation sites excluding steroid dienone is 4. The third kappa shape index (κ3) is 418. The van der Waals surface area contributed by atoms with Crippen LogP contribution in [0, 0.1) is 0 Å². The average Bonchev–Trinajstić information content (AvgIpc) is 4.53. The summed E-state index contributed by atoms with van der Waals surface area (Å²) in [6, 6.07) is 0. The highest BCUT2D eigenvalue weighted by Gasteiger charge is 2.00. The maximum atomic E-state index is 2.18. The Kier molecular flexibility index (Phi) is 402. The Balaban J connectivity index is -0.0000000360. The fourth-order valence-corrected chi connectivity index (χ4v) is 2.58. The van der Waals surface area contributed by atoms with Crippen LogP contribution in [-0.2, 0) is 0 Å². The predicted molar refractivity (Wildman–Crippen MR) is 524 cm³/mol. The molecule has 662 valence electrons. The van der Waals surface area contributed by atoms with Crippen LogP contribution < -0.4 is 0 Å². The van der Waals surface area contributed by atoms with Crippen molar-refractivity contribution in [3.63, 3.8) is 0 Å². The van der Waals surface area contributed by atoms with Crippen LogP contribution >= 0.6 is 0 Å².